The summed E-state index contributed by atoms with van der Waals surface area (Å²) in [5, 5.41) is 14.6. The fourth-order valence-electron chi connectivity index (χ4n) is 2.01. The molecule has 0 aliphatic carbocycles. The Labute approximate surface area is 113 Å². The number of benzene rings is 1. The topological polar surface area (TPSA) is 50.5 Å². The molecule has 1 aromatic carbocycles. The molecule has 1 heterocycles. The van der Waals surface area contributed by atoms with E-state index in [9.17, 15) is 5.11 Å². The van der Waals surface area contributed by atoms with Crippen molar-refractivity contribution in [3.8, 4) is 5.75 Å². The summed E-state index contributed by atoms with van der Waals surface area (Å²) in [5.41, 5.74) is 2.56. The highest BCUT2D eigenvalue weighted by atomic mass is 16.5. The molecule has 0 aliphatic heterocycles. The molecule has 5 nitrogen and oxygen atoms in total. The van der Waals surface area contributed by atoms with E-state index in [-0.39, 0.29) is 0 Å². The molecular weight excluding hydrogens is 242 g/mol. The third kappa shape index (κ3) is 2.56. The Bertz CT molecular complexity index is 546. The summed E-state index contributed by atoms with van der Waals surface area (Å²) in [4.78, 5) is 2.01. The van der Waals surface area contributed by atoms with Crippen LogP contribution in [0.1, 0.15) is 17.4 Å². The number of aromatic nitrogens is 2. The molecule has 0 fully saturated rings. The summed E-state index contributed by atoms with van der Waals surface area (Å²) in [6.07, 6.45) is 0.853. The van der Waals surface area contributed by atoms with Gasteiger partial charge in [-0.2, -0.15) is 5.10 Å². The molecule has 5 heteroatoms. The summed E-state index contributed by atoms with van der Waals surface area (Å²) in [6, 6.07) is 7.77. The number of methoxy groups -OCH3 is 1. The van der Waals surface area contributed by atoms with Crippen LogP contribution in [0.15, 0.2) is 30.5 Å². The van der Waals surface area contributed by atoms with Gasteiger partial charge in [-0.3, -0.25) is 4.68 Å². The molecule has 1 aromatic heterocycles. The highest BCUT2D eigenvalue weighted by Gasteiger charge is 2.20. The Morgan fingerprint density at radius 1 is 1.26 bits per heavy atom. The van der Waals surface area contributed by atoms with E-state index >= 15 is 0 Å². The molecule has 1 unspecified atom stereocenters. The number of nitrogens with zero attached hydrogens (tertiary/aromatic N) is 3. The first-order valence-corrected chi connectivity index (χ1v) is 6.06. The molecular formula is C14H19N3O2. The zero-order chi connectivity index (χ0) is 14.0. The molecule has 0 saturated carbocycles. The van der Waals surface area contributed by atoms with Gasteiger partial charge in [-0.05, 0) is 17.7 Å². The SMILES string of the molecule is COc1cnn(C)c1C(O)c1ccc(N(C)C)cc1. The lowest BCUT2D eigenvalue weighted by Crippen LogP contribution is -2.10. The van der Waals surface area contributed by atoms with Crippen molar-refractivity contribution in [2.24, 2.45) is 7.05 Å². The Morgan fingerprint density at radius 3 is 2.42 bits per heavy atom. The fourth-order valence-corrected chi connectivity index (χ4v) is 2.01. The molecule has 1 atom stereocenters. The number of aryl methyl sites for hydroxylation is 1. The van der Waals surface area contributed by atoms with Gasteiger partial charge in [-0.15, -0.1) is 0 Å². The Hall–Kier alpha value is -2.01. The fraction of sp³-hybridized carbons (Fsp3) is 0.357. The lowest BCUT2D eigenvalue weighted by atomic mass is 10.1. The first kappa shape index (κ1) is 13.4. The predicted octanol–water partition coefficient (Wildman–Crippen LogP) is 1.58. The van der Waals surface area contributed by atoms with Crippen molar-refractivity contribution in [3.05, 3.63) is 41.7 Å². The van der Waals surface area contributed by atoms with Crippen molar-refractivity contribution in [1.29, 1.82) is 0 Å². The maximum absolute atomic E-state index is 10.4. The maximum atomic E-state index is 10.4. The van der Waals surface area contributed by atoms with Gasteiger partial charge < -0.3 is 14.7 Å². The van der Waals surface area contributed by atoms with E-state index in [0.29, 0.717) is 11.4 Å². The van der Waals surface area contributed by atoms with Crippen LogP contribution in [0.2, 0.25) is 0 Å². The standard InChI is InChI=1S/C14H19N3O2/c1-16(2)11-7-5-10(6-8-11)14(18)13-12(19-4)9-15-17(13)3/h5-9,14,18H,1-4H3. The van der Waals surface area contributed by atoms with Gasteiger partial charge in [0.05, 0.1) is 13.3 Å². The van der Waals surface area contributed by atoms with E-state index in [1.54, 1.807) is 25.0 Å². The van der Waals surface area contributed by atoms with Crippen LogP contribution in [-0.4, -0.2) is 36.1 Å². The molecule has 0 amide bonds. The Kier molecular flexibility index (Phi) is 3.76. The molecule has 1 N–H and O–H groups in total. The number of anilines is 1. The van der Waals surface area contributed by atoms with Gasteiger partial charge in [0.15, 0.2) is 5.75 Å². The van der Waals surface area contributed by atoms with Gasteiger partial charge in [-0.1, -0.05) is 12.1 Å². The second-order valence-electron chi connectivity index (χ2n) is 4.61. The van der Waals surface area contributed by atoms with Crippen LogP contribution in [0.25, 0.3) is 0 Å². The minimum absolute atomic E-state index is 0.590. The van der Waals surface area contributed by atoms with Crippen LogP contribution in [0.4, 0.5) is 5.69 Å². The van der Waals surface area contributed by atoms with E-state index in [4.69, 9.17) is 4.74 Å². The van der Waals surface area contributed by atoms with Crippen LogP contribution in [-0.2, 0) is 7.05 Å². The summed E-state index contributed by atoms with van der Waals surface area (Å²) in [6.45, 7) is 0. The van der Waals surface area contributed by atoms with Crippen molar-refractivity contribution >= 4 is 5.69 Å². The van der Waals surface area contributed by atoms with E-state index < -0.39 is 6.10 Å². The van der Waals surface area contributed by atoms with Gasteiger partial charge in [0.25, 0.3) is 0 Å². The van der Waals surface area contributed by atoms with Crippen molar-refractivity contribution < 1.29 is 9.84 Å². The molecule has 2 aromatic rings. The van der Waals surface area contributed by atoms with Crippen LogP contribution >= 0.6 is 0 Å². The first-order valence-electron chi connectivity index (χ1n) is 6.06. The van der Waals surface area contributed by atoms with E-state index in [2.05, 4.69) is 5.10 Å². The number of aliphatic hydroxyl groups is 1. The smallest absolute Gasteiger partial charge is 0.162 e. The highest BCUT2D eigenvalue weighted by Crippen LogP contribution is 2.30. The van der Waals surface area contributed by atoms with Gasteiger partial charge >= 0.3 is 0 Å². The third-order valence-electron chi connectivity index (χ3n) is 3.15. The summed E-state index contributed by atoms with van der Waals surface area (Å²) in [7, 11) is 7.32. The monoisotopic (exact) mass is 261 g/mol. The molecule has 0 aliphatic rings. The molecule has 0 saturated heterocycles. The van der Waals surface area contributed by atoms with Gasteiger partial charge in [0, 0.05) is 26.8 Å². The van der Waals surface area contributed by atoms with Gasteiger partial charge in [0.2, 0.25) is 0 Å². The van der Waals surface area contributed by atoms with Crippen LogP contribution < -0.4 is 9.64 Å². The largest absolute Gasteiger partial charge is 0.493 e. The lowest BCUT2D eigenvalue weighted by Gasteiger charge is -2.16. The number of hydrogen-bond donors (Lipinski definition) is 1. The normalized spacial score (nSPS) is 12.3. The van der Waals surface area contributed by atoms with Crippen LogP contribution in [0.3, 0.4) is 0 Å². The zero-order valence-corrected chi connectivity index (χ0v) is 11.7. The zero-order valence-electron chi connectivity index (χ0n) is 11.7. The first-order chi connectivity index (χ1) is 9.04. The molecule has 2 rings (SSSR count). The van der Waals surface area contributed by atoms with E-state index in [0.717, 1.165) is 11.3 Å². The summed E-state index contributed by atoms with van der Waals surface area (Å²) in [5.74, 6) is 0.590. The third-order valence-corrected chi connectivity index (χ3v) is 3.15. The summed E-state index contributed by atoms with van der Waals surface area (Å²) < 4.78 is 6.85. The number of ether oxygens (including phenoxy) is 1. The molecule has 102 valence electrons. The van der Waals surface area contributed by atoms with E-state index in [1.807, 2.05) is 43.3 Å². The number of hydrogen-bond acceptors (Lipinski definition) is 4. The molecule has 0 radical (unpaired) electrons. The summed E-state index contributed by atoms with van der Waals surface area (Å²) >= 11 is 0. The maximum Gasteiger partial charge on any atom is 0.162 e. The molecule has 19 heavy (non-hydrogen) atoms. The second kappa shape index (κ2) is 5.32. The van der Waals surface area contributed by atoms with Crippen molar-refractivity contribution in [2.75, 3.05) is 26.1 Å². The van der Waals surface area contributed by atoms with Crippen molar-refractivity contribution in [1.82, 2.24) is 9.78 Å². The average Bonchev–Trinajstić information content (AvgIpc) is 2.79. The molecule has 0 bridgehead atoms. The predicted molar refractivity (Wildman–Crippen MR) is 74.6 cm³/mol. The van der Waals surface area contributed by atoms with Gasteiger partial charge in [0.1, 0.15) is 11.8 Å². The lowest BCUT2D eigenvalue weighted by molar-refractivity contribution is 0.204. The number of rotatable bonds is 4. The minimum Gasteiger partial charge on any atom is -0.493 e. The quantitative estimate of drug-likeness (QED) is 0.907. The highest BCUT2D eigenvalue weighted by molar-refractivity contribution is 5.47. The molecule has 0 spiro atoms. The second-order valence-corrected chi connectivity index (χ2v) is 4.61. The minimum atomic E-state index is -0.751. The Morgan fingerprint density at radius 2 is 1.89 bits per heavy atom. The van der Waals surface area contributed by atoms with Gasteiger partial charge in [-0.25, -0.2) is 0 Å². The average molecular weight is 261 g/mol. The van der Waals surface area contributed by atoms with Crippen LogP contribution in [0.5, 0.6) is 5.75 Å². The number of aliphatic hydroxyl groups excluding tert-OH is 1. The Balaban J connectivity index is 2.33. The van der Waals surface area contributed by atoms with Crippen molar-refractivity contribution in [2.45, 2.75) is 6.10 Å². The van der Waals surface area contributed by atoms with Crippen molar-refractivity contribution in [3.63, 3.8) is 0 Å². The van der Waals surface area contributed by atoms with Crippen LogP contribution in [0, 0.1) is 0 Å². The van der Waals surface area contributed by atoms with E-state index in [1.165, 1.54) is 0 Å².